The predicted octanol–water partition coefficient (Wildman–Crippen LogP) is 2.20. The Morgan fingerprint density at radius 1 is 1.44 bits per heavy atom. The van der Waals surface area contributed by atoms with Crippen LogP contribution in [0.2, 0.25) is 5.02 Å². The quantitative estimate of drug-likeness (QED) is 0.647. The molecule has 1 N–H and O–H groups in total. The van der Waals surface area contributed by atoms with E-state index < -0.39 is 0 Å². The zero-order chi connectivity index (χ0) is 12.2. The van der Waals surface area contributed by atoms with Gasteiger partial charge in [0.15, 0.2) is 0 Å². The first kappa shape index (κ1) is 13.2. The minimum atomic E-state index is -0.208. The van der Waals surface area contributed by atoms with E-state index in [2.05, 4.69) is 5.32 Å². The summed E-state index contributed by atoms with van der Waals surface area (Å²) in [7, 11) is 0.769. The Morgan fingerprint density at radius 2 is 2.12 bits per heavy atom. The number of ether oxygens (including phenoxy) is 1. The molecule has 1 aromatic carbocycles. The molecule has 0 fully saturated rings. The molecule has 1 rings (SSSR count). The van der Waals surface area contributed by atoms with Crippen LogP contribution in [0.5, 0.6) is 0 Å². The molecule has 0 saturated heterocycles. The Labute approximate surface area is 101 Å². The van der Waals surface area contributed by atoms with Crippen molar-refractivity contribution in [2.24, 2.45) is 0 Å². The molecule has 0 bridgehead atoms. The average Bonchev–Trinajstić information content (AvgIpc) is 2.18. The van der Waals surface area contributed by atoms with Gasteiger partial charge in [0.25, 0.3) is 0 Å². The molecule has 0 atom stereocenters. The van der Waals surface area contributed by atoms with Crippen LogP contribution in [-0.4, -0.2) is 19.5 Å². The summed E-state index contributed by atoms with van der Waals surface area (Å²) in [5.74, 6) is 0. The molecule has 16 heavy (non-hydrogen) atoms. The molecule has 86 valence electrons. The van der Waals surface area contributed by atoms with Crippen molar-refractivity contribution in [3.05, 3.63) is 23.2 Å². The van der Waals surface area contributed by atoms with Gasteiger partial charge in [-0.3, -0.25) is 0 Å². The Morgan fingerprint density at radius 3 is 2.69 bits per heavy atom. The van der Waals surface area contributed by atoms with Crippen LogP contribution in [0.4, 0.5) is 5.69 Å². The summed E-state index contributed by atoms with van der Waals surface area (Å²) < 4.78 is 16.3. The van der Waals surface area contributed by atoms with Gasteiger partial charge < -0.3 is 0 Å². The zero-order valence-electron chi connectivity index (χ0n) is 9.71. The number of anilines is 1. The van der Waals surface area contributed by atoms with Crippen LogP contribution in [0.15, 0.2) is 18.2 Å². The maximum atomic E-state index is 10.8. The molecule has 0 unspecified atom stereocenters. The van der Waals surface area contributed by atoms with Gasteiger partial charge in [0.1, 0.15) is 0 Å². The molecule has 0 spiro atoms. The van der Waals surface area contributed by atoms with Crippen molar-refractivity contribution in [3.8, 4) is 0 Å². The Bertz CT molecular complexity index is 377. The summed E-state index contributed by atoms with van der Waals surface area (Å²) >= 11 is 5.78. The third kappa shape index (κ3) is 4.33. The molecule has 0 radical (unpaired) electrons. The van der Waals surface area contributed by atoms with E-state index in [0.717, 1.165) is 12.8 Å². The van der Waals surface area contributed by atoms with Crippen molar-refractivity contribution in [1.29, 1.82) is 0 Å². The fraction of sp³-hybridized carbons (Fsp3) is 0.455. The molecular weight excluding hydrogens is 224 g/mol. The fourth-order valence-electron chi connectivity index (χ4n) is 1.12. The molecule has 0 aliphatic carbocycles. The minimum absolute atomic E-state index is 0.208. The molecule has 1 aromatic rings. The van der Waals surface area contributed by atoms with Gasteiger partial charge in [-0.2, -0.15) is 0 Å². The Balaban J connectivity index is 2.63. The Hall–Kier alpha value is -0.865. The molecule has 0 aliphatic rings. The van der Waals surface area contributed by atoms with Crippen LogP contribution in [0.3, 0.4) is 0 Å². The first-order valence-electron chi connectivity index (χ1n) is 5.05. The number of nitrogens with one attached hydrogen (secondary N) is 1. The first-order chi connectivity index (χ1) is 7.42. The van der Waals surface area contributed by atoms with Gasteiger partial charge in [-0.25, -0.2) is 0 Å². The molecule has 0 amide bonds. The van der Waals surface area contributed by atoms with Crippen molar-refractivity contribution < 1.29 is 9.44 Å². The second-order valence-electron chi connectivity index (χ2n) is 4.43. The van der Waals surface area contributed by atoms with Crippen molar-refractivity contribution in [3.63, 3.8) is 0 Å². The number of rotatable bonds is 4. The van der Waals surface area contributed by atoms with E-state index in [-0.39, 0.29) is 5.60 Å². The van der Waals surface area contributed by atoms with E-state index in [1.807, 2.05) is 20.8 Å². The van der Waals surface area contributed by atoms with Gasteiger partial charge >= 0.3 is 101 Å². The van der Waals surface area contributed by atoms with Crippen LogP contribution < -0.4 is 10.8 Å². The predicted molar refractivity (Wildman–Crippen MR) is 66.9 cm³/mol. The third-order valence-electron chi connectivity index (χ3n) is 1.91. The molecule has 0 heterocycles. The monoisotopic (exact) mass is 239 g/mol. The zero-order valence-corrected chi connectivity index (χ0v) is 10.5. The second kappa shape index (κ2) is 5.46. The summed E-state index contributed by atoms with van der Waals surface area (Å²) in [5.41, 5.74) is 1.05. The van der Waals surface area contributed by atoms with Gasteiger partial charge in [-0.1, -0.05) is 0 Å². The standard InChI is InChI=1S/C11H15BClNO2/c1-11(2,3)16-7-14-10-5-4-8(13)6-9(10)12-15/h4-6,14H,7H2,1-3H3. The number of hydrogen-bond donors (Lipinski definition) is 1. The van der Waals surface area contributed by atoms with Crippen molar-refractivity contribution in [1.82, 2.24) is 0 Å². The third-order valence-corrected chi connectivity index (χ3v) is 2.14. The van der Waals surface area contributed by atoms with E-state index in [1.54, 1.807) is 18.2 Å². The van der Waals surface area contributed by atoms with Gasteiger partial charge in [0, 0.05) is 0 Å². The van der Waals surface area contributed by atoms with Crippen molar-refractivity contribution >= 4 is 29.9 Å². The molecule has 0 aliphatic heterocycles. The summed E-state index contributed by atoms with van der Waals surface area (Å²) in [6.07, 6.45) is 0. The summed E-state index contributed by atoms with van der Waals surface area (Å²) in [6.45, 7) is 6.26. The van der Waals surface area contributed by atoms with Gasteiger partial charge in [0.05, 0.1) is 0 Å². The summed E-state index contributed by atoms with van der Waals surface area (Å²) in [4.78, 5) is 0. The van der Waals surface area contributed by atoms with Crippen LogP contribution in [0.25, 0.3) is 0 Å². The van der Waals surface area contributed by atoms with Crippen LogP contribution in [0, 0.1) is 0 Å². The van der Waals surface area contributed by atoms with E-state index in [1.165, 1.54) is 0 Å². The Kier molecular flexibility index (Phi) is 4.50. The summed E-state index contributed by atoms with van der Waals surface area (Å²) in [5, 5.41) is 3.58. The number of benzene rings is 1. The van der Waals surface area contributed by atoms with Gasteiger partial charge in [0.2, 0.25) is 0 Å². The fourth-order valence-corrected chi connectivity index (χ4v) is 1.30. The van der Waals surface area contributed by atoms with Crippen molar-refractivity contribution in [2.45, 2.75) is 26.4 Å². The van der Waals surface area contributed by atoms with Gasteiger partial charge in [-0.15, -0.1) is 0 Å². The van der Waals surface area contributed by atoms with E-state index in [9.17, 15) is 4.70 Å². The average molecular weight is 240 g/mol. The van der Waals surface area contributed by atoms with E-state index >= 15 is 0 Å². The van der Waals surface area contributed by atoms with Gasteiger partial charge in [-0.05, 0) is 0 Å². The first-order valence-corrected chi connectivity index (χ1v) is 5.43. The molecule has 0 aromatic heterocycles. The van der Waals surface area contributed by atoms with E-state index in [4.69, 9.17) is 16.3 Å². The maximum absolute atomic E-state index is 10.8. The molecule has 0 saturated carbocycles. The summed E-state index contributed by atoms with van der Waals surface area (Å²) in [6, 6.07) is 5.11. The number of hydrogen-bond acceptors (Lipinski definition) is 3. The van der Waals surface area contributed by atoms with E-state index in [0.29, 0.717) is 17.2 Å². The van der Waals surface area contributed by atoms with Crippen LogP contribution in [-0.2, 0) is 9.44 Å². The van der Waals surface area contributed by atoms with Crippen LogP contribution >= 0.6 is 11.6 Å². The number of halogens is 1. The van der Waals surface area contributed by atoms with Crippen LogP contribution in [0.1, 0.15) is 20.8 Å². The molecule has 5 heteroatoms. The SMILES string of the molecule is CC(C)(C)OCNc1ccc(Cl)cc1B=O. The van der Waals surface area contributed by atoms with Crippen molar-refractivity contribution in [2.75, 3.05) is 12.0 Å². The normalized spacial score (nSPS) is 11.0. The topological polar surface area (TPSA) is 38.3 Å². The molecular formula is C11H15BClNO2. The second-order valence-corrected chi connectivity index (χ2v) is 4.86. The molecule has 3 nitrogen and oxygen atoms in total.